The minimum atomic E-state index is 0.513. The SMILES string of the molecule is C[C@H]1CCCCN1c1nc(N2CCCCC2)c2cccnc2n1. The predicted molar refractivity (Wildman–Crippen MR) is 94.1 cm³/mol. The highest BCUT2D eigenvalue weighted by Gasteiger charge is 2.24. The van der Waals surface area contributed by atoms with Crippen molar-refractivity contribution in [3.63, 3.8) is 0 Å². The second-order valence-electron chi connectivity index (χ2n) is 6.81. The van der Waals surface area contributed by atoms with Crippen molar-refractivity contribution in [1.29, 1.82) is 0 Å². The van der Waals surface area contributed by atoms with Crippen LogP contribution in [0.5, 0.6) is 0 Å². The van der Waals surface area contributed by atoms with E-state index in [-0.39, 0.29) is 0 Å². The lowest BCUT2D eigenvalue weighted by Gasteiger charge is -2.35. The molecule has 0 bridgehead atoms. The number of hydrogen-bond acceptors (Lipinski definition) is 5. The molecule has 0 spiro atoms. The second-order valence-corrected chi connectivity index (χ2v) is 6.81. The fourth-order valence-electron chi connectivity index (χ4n) is 3.81. The maximum Gasteiger partial charge on any atom is 0.229 e. The molecule has 0 amide bonds. The molecule has 4 heterocycles. The highest BCUT2D eigenvalue weighted by molar-refractivity contribution is 5.88. The number of pyridine rings is 1. The van der Waals surface area contributed by atoms with E-state index in [1.54, 1.807) is 0 Å². The van der Waals surface area contributed by atoms with Crippen LogP contribution in [0.15, 0.2) is 18.3 Å². The van der Waals surface area contributed by atoms with Crippen LogP contribution in [0.2, 0.25) is 0 Å². The largest absolute Gasteiger partial charge is 0.356 e. The summed E-state index contributed by atoms with van der Waals surface area (Å²) in [6.07, 6.45) is 9.42. The fraction of sp³-hybridized carbons (Fsp3) is 0.611. The predicted octanol–water partition coefficient (Wildman–Crippen LogP) is 3.39. The Balaban J connectivity index is 1.79. The van der Waals surface area contributed by atoms with Gasteiger partial charge in [-0.2, -0.15) is 9.97 Å². The van der Waals surface area contributed by atoms with E-state index in [0.29, 0.717) is 6.04 Å². The standard InChI is InChI=1S/C18H25N5/c1-14-8-3-6-13-23(14)18-20-16-15(9-7-10-19-16)17(21-18)22-11-4-2-5-12-22/h7,9-10,14H,2-6,8,11-13H2,1H3/t14-/m0/s1. The van der Waals surface area contributed by atoms with Gasteiger partial charge in [-0.25, -0.2) is 4.98 Å². The monoisotopic (exact) mass is 311 g/mol. The van der Waals surface area contributed by atoms with Crippen molar-refractivity contribution < 1.29 is 0 Å². The highest BCUT2D eigenvalue weighted by Crippen LogP contribution is 2.29. The van der Waals surface area contributed by atoms with Crippen LogP contribution in [0.25, 0.3) is 11.0 Å². The number of fused-ring (bicyclic) bond motifs is 1. The van der Waals surface area contributed by atoms with Crippen molar-refractivity contribution in [2.24, 2.45) is 0 Å². The molecule has 2 saturated heterocycles. The van der Waals surface area contributed by atoms with Crippen LogP contribution in [0.3, 0.4) is 0 Å². The van der Waals surface area contributed by atoms with Gasteiger partial charge in [0.25, 0.3) is 0 Å². The quantitative estimate of drug-likeness (QED) is 0.850. The molecule has 122 valence electrons. The minimum Gasteiger partial charge on any atom is -0.356 e. The van der Waals surface area contributed by atoms with Crippen molar-refractivity contribution in [1.82, 2.24) is 15.0 Å². The maximum atomic E-state index is 5.00. The van der Waals surface area contributed by atoms with Crippen molar-refractivity contribution in [3.05, 3.63) is 18.3 Å². The molecule has 0 N–H and O–H groups in total. The third-order valence-electron chi connectivity index (χ3n) is 5.15. The molecular weight excluding hydrogens is 286 g/mol. The second kappa shape index (κ2) is 6.30. The van der Waals surface area contributed by atoms with Gasteiger partial charge in [0.05, 0.1) is 5.39 Å². The van der Waals surface area contributed by atoms with Gasteiger partial charge in [-0.05, 0) is 57.6 Å². The van der Waals surface area contributed by atoms with Crippen molar-refractivity contribution in [2.45, 2.75) is 51.5 Å². The first kappa shape index (κ1) is 14.7. The molecule has 2 aromatic heterocycles. The molecule has 1 atom stereocenters. The lowest BCUT2D eigenvalue weighted by Crippen LogP contribution is -2.39. The molecule has 2 fully saturated rings. The third-order valence-corrected chi connectivity index (χ3v) is 5.15. The van der Waals surface area contributed by atoms with Gasteiger partial charge in [-0.15, -0.1) is 0 Å². The zero-order valence-electron chi connectivity index (χ0n) is 13.9. The van der Waals surface area contributed by atoms with Gasteiger partial charge in [0, 0.05) is 31.9 Å². The molecule has 23 heavy (non-hydrogen) atoms. The van der Waals surface area contributed by atoms with E-state index in [2.05, 4.69) is 27.8 Å². The summed E-state index contributed by atoms with van der Waals surface area (Å²) in [5.41, 5.74) is 0.829. The molecule has 0 unspecified atom stereocenters. The van der Waals surface area contributed by atoms with Crippen LogP contribution in [0.1, 0.15) is 45.4 Å². The van der Waals surface area contributed by atoms with E-state index in [9.17, 15) is 0 Å². The van der Waals surface area contributed by atoms with Crippen LogP contribution in [-0.2, 0) is 0 Å². The number of aromatic nitrogens is 3. The Hall–Kier alpha value is -1.91. The van der Waals surface area contributed by atoms with Gasteiger partial charge in [0.15, 0.2) is 5.65 Å². The molecule has 0 saturated carbocycles. The van der Waals surface area contributed by atoms with Crippen LogP contribution in [0.4, 0.5) is 11.8 Å². The van der Waals surface area contributed by atoms with Crippen molar-refractivity contribution in [2.75, 3.05) is 29.4 Å². The lowest BCUT2D eigenvalue weighted by molar-refractivity contribution is 0.477. The van der Waals surface area contributed by atoms with Gasteiger partial charge in [0.1, 0.15) is 5.82 Å². The molecule has 0 aromatic carbocycles. The Labute approximate surface area is 137 Å². The van der Waals surface area contributed by atoms with E-state index >= 15 is 0 Å². The molecule has 0 aliphatic carbocycles. The molecular formula is C18H25N5. The van der Waals surface area contributed by atoms with Crippen molar-refractivity contribution in [3.8, 4) is 0 Å². The third kappa shape index (κ3) is 2.84. The fourth-order valence-corrected chi connectivity index (χ4v) is 3.81. The Kier molecular flexibility index (Phi) is 4.02. The van der Waals surface area contributed by atoms with E-state index < -0.39 is 0 Å². The van der Waals surface area contributed by atoms with Crippen LogP contribution in [-0.4, -0.2) is 40.6 Å². The zero-order chi connectivity index (χ0) is 15.6. The Morgan fingerprint density at radius 1 is 1.00 bits per heavy atom. The number of nitrogens with zero attached hydrogens (tertiary/aromatic N) is 5. The summed E-state index contributed by atoms with van der Waals surface area (Å²) >= 11 is 0. The first-order valence-electron chi connectivity index (χ1n) is 8.97. The Morgan fingerprint density at radius 2 is 1.83 bits per heavy atom. The van der Waals surface area contributed by atoms with Gasteiger partial charge >= 0.3 is 0 Å². The number of anilines is 2. The number of hydrogen-bond donors (Lipinski definition) is 0. The summed E-state index contributed by atoms with van der Waals surface area (Å²) in [5.74, 6) is 1.94. The molecule has 2 aliphatic rings. The summed E-state index contributed by atoms with van der Waals surface area (Å²) in [4.78, 5) is 19.1. The topological polar surface area (TPSA) is 45.2 Å². The molecule has 2 aliphatic heterocycles. The summed E-state index contributed by atoms with van der Waals surface area (Å²) < 4.78 is 0. The molecule has 4 rings (SSSR count). The van der Waals surface area contributed by atoms with E-state index in [1.165, 1.54) is 38.5 Å². The average Bonchev–Trinajstić information content (AvgIpc) is 2.62. The zero-order valence-corrected chi connectivity index (χ0v) is 13.9. The molecule has 0 radical (unpaired) electrons. The van der Waals surface area contributed by atoms with Gasteiger partial charge < -0.3 is 9.80 Å². The summed E-state index contributed by atoms with van der Waals surface area (Å²) in [6, 6.07) is 4.61. The Morgan fingerprint density at radius 3 is 2.65 bits per heavy atom. The summed E-state index contributed by atoms with van der Waals surface area (Å²) in [5, 5.41) is 1.09. The summed E-state index contributed by atoms with van der Waals surface area (Å²) in [6.45, 7) is 5.52. The lowest BCUT2D eigenvalue weighted by atomic mass is 10.0. The van der Waals surface area contributed by atoms with E-state index in [4.69, 9.17) is 9.97 Å². The number of rotatable bonds is 2. The van der Waals surface area contributed by atoms with Gasteiger partial charge in [0.2, 0.25) is 5.95 Å². The summed E-state index contributed by atoms with van der Waals surface area (Å²) in [7, 11) is 0. The Bertz CT molecular complexity index is 680. The highest BCUT2D eigenvalue weighted by atomic mass is 15.3. The van der Waals surface area contributed by atoms with E-state index in [0.717, 1.165) is 42.4 Å². The normalized spacial score (nSPS) is 22.6. The number of piperidine rings is 2. The van der Waals surface area contributed by atoms with Gasteiger partial charge in [-0.1, -0.05) is 0 Å². The first-order chi connectivity index (χ1) is 11.3. The van der Waals surface area contributed by atoms with E-state index in [1.807, 2.05) is 12.3 Å². The van der Waals surface area contributed by atoms with Crippen LogP contribution in [0, 0.1) is 0 Å². The first-order valence-corrected chi connectivity index (χ1v) is 8.97. The maximum absolute atomic E-state index is 5.00. The van der Waals surface area contributed by atoms with Crippen LogP contribution < -0.4 is 9.80 Å². The smallest absolute Gasteiger partial charge is 0.229 e. The average molecular weight is 311 g/mol. The van der Waals surface area contributed by atoms with Crippen LogP contribution >= 0.6 is 0 Å². The molecule has 2 aromatic rings. The van der Waals surface area contributed by atoms with Crippen molar-refractivity contribution >= 4 is 22.8 Å². The van der Waals surface area contributed by atoms with Gasteiger partial charge in [-0.3, -0.25) is 0 Å². The molecule has 5 heteroatoms. The minimum absolute atomic E-state index is 0.513. The molecule has 5 nitrogen and oxygen atoms in total.